The Morgan fingerprint density at radius 1 is 0.393 bits per heavy atom. The van der Waals surface area contributed by atoms with Gasteiger partial charge in [0.25, 0.3) is 0 Å². The lowest BCUT2D eigenvalue weighted by molar-refractivity contribution is 1.18. The highest BCUT2D eigenvalue weighted by molar-refractivity contribution is 7.26. The monoisotopic (exact) mass is 792 g/mol. The average Bonchev–Trinajstić information content (AvgIpc) is 4.07. The molecule has 9 aromatic carbocycles. The van der Waals surface area contributed by atoms with Crippen LogP contribution in [0.25, 0.3) is 130 Å². The Bertz CT molecular complexity index is 4080. The number of rotatable bonds is 4. The van der Waals surface area contributed by atoms with Crippen LogP contribution in [0.15, 0.2) is 194 Å². The van der Waals surface area contributed by atoms with Crippen LogP contribution >= 0.6 is 11.3 Å². The Balaban J connectivity index is 0.984. The first-order valence-electron chi connectivity index (χ1n) is 20.7. The summed E-state index contributed by atoms with van der Waals surface area (Å²) < 4.78 is 7.29. The Hall–Kier alpha value is -7.86. The van der Waals surface area contributed by atoms with Gasteiger partial charge in [-0.15, -0.1) is 11.3 Å². The summed E-state index contributed by atoms with van der Waals surface area (Å²) in [6, 6.07) is 70.4. The minimum absolute atomic E-state index is 0.721. The molecule has 282 valence electrons. The molecule has 0 radical (unpaired) electrons. The van der Waals surface area contributed by atoms with Crippen LogP contribution in [0.5, 0.6) is 0 Å². The molecule has 0 bridgehead atoms. The van der Waals surface area contributed by atoms with Crippen molar-refractivity contribution in [3.05, 3.63) is 194 Å². The minimum atomic E-state index is 0.721. The van der Waals surface area contributed by atoms with Crippen LogP contribution in [-0.2, 0) is 0 Å². The van der Waals surface area contributed by atoms with Gasteiger partial charge in [0.1, 0.15) is 0 Å². The van der Waals surface area contributed by atoms with Gasteiger partial charge in [0, 0.05) is 64.6 Å². The molecule has 4 nitrogen and oxygen atoms in total. The first kappa shape index (κ1) is 33.0. The second-order valence-electron chi connectivity index (χ2n) is 16.1. The first-order chi connectivity index (χ1) is 30.3. The first-order valence-corrected chi connectivity index (χ1v) is 21.6. The van der Waals surface area contributed by atoms with Crippen molar-refractivity contribution < 1.29 is 0 Å². The van der Waals surface area contributed by atoms with Gasteiger partial charge in [0.05, 0.1) is 43.5 Å². The smallest absolute Gasteiger partial charge is 0.160 e. The summed E-state index contributed by atoms with van der Waals surface area (Å²) in [5.74, 6) is 0.721. The van der Waals surface area contributed by atoms with Crippen molar-refractivity contribution in [2.24, 2.45) is 0 Å². The minimum Gasteiger partial charge on any atom is -0.309 e. The Morgan fingerprint density at radius 3 is 1.85 bits per heavy atom. The summed E-state index contributed by atoms with van der Waals surface area (Å²) >= 11 is 1.77. The van der Waals surface area contributed by atoms with Crippen LogP contribution in [0.4, 0.5) is 0 Å². The molecule has 0 saturated carbocycles. The molecule has 5 heterocycles. The Morgan fingerprint density at radius 2 is 1.03 bits per heavy atom. The van der Waals surface area contributed by atoms with Gasteiger partial charge in [0.2, 0.25) is 0 Å². The van der Waals surface area contributed by atoms with E-state index in [1.165, 1.54) is 86.5 Å². The summed E-state index contributed by atoms with van der Waals surface area (Å²) in [5.41, 5.74) is 13.7. The van der Waals surface area contributed by atoms with Crippen molar-refractivity contribution in [2.45, 2.75) is 0 Å². The van der Waals surface area contributed by atoms with E-state index in [0.717, 1.165) is 43.9 Å². The number of thiophene rings is 1. The molecule has 0 amide bonds. The van der Waals surface area contributed by atoms with Crippen molar-refractivity contribution in [1.29, 1.82) is 0 Å². The van der Waals surface area contributed by atoms with Gasteiger partial charge in [-0.2, -0.15) is 0 Å². The molecule has 0 N–H and O–H groups in total. The van der Waals surface area contributed by atoms with Crippen molar-refractivity contribution in [2.75, 3.05) is 0 Å². The number of hydrogen-bond acceptors (Lipinski definition) is 3. The summed E-state index contributed by atoms with van der Waals surface area (Å²) in [5, 5.41) is 11.4. The Kier molecular flexibility index (Phi) is 6.68. The van der Waals surface area contributed by atoms with E-state index in [1.807, 2.05) is 0 Å². The highest BCUT2D eigenvalue weighted by Gasteiger charge is 2.25. The van der Waals surface area contributed by atoms with E-state index in [2.05, 4.69) is 203 Å². The summed E-state index contributed by atoms with van der Waals surface area (Å²) in [6.45, 7) is 0. The fourth-order valence-electron chi connectivity index (χ4n) is 10.2. The zero-order valence-electron chi connectivity index (χ0n) is 32.7. The number of aromatic nitrogens is 4. The molecule has 0 aliphatic rings. The lowest BCUT2D eigenvalue weighted by atomic mass is 10.0. The van der Waals surface area contributed by atoms with Crippen LogP contribution in [0.2, 0.25) is 0 Å². The van der Waals surface area contributed by atoms with Crippen LogP contribution < -0.4 is 0 Å². The molecule has 61 heavy (non-hydrogen) atoms. The van der Waals surface area contributed by atoms with Crippen LogP contribution in [-0.4, -0.2) is 18.9 Å². The van der Waals surface area contributed by atoms with Gasteiger partial charge in [-0.25, -0.2) is 9.97 Å². The molecule has 14 rings (SSSR count). The normalized spacial score (nSPS) is 12.3. The van der Waals surface area contributed by atoms with Crippen molar-refractivity contribution >= 4 is 102 Å². The number of para-hydroxylation sites is 2. The molecule has 5 heteroatoms. The van der Waals surface area contributed by atoms with E-state index >= 15 is 0 Å². The van der Waals surface area contributed by atoms with E-state index in [-0.39, 0.29) is 0 Å². The molecule has 0 aliphatic carbocycles. The zero-order valence-corrected chi connectivity index (χ0v) is 33.5. The maximum absolute atomic E-state index is 5.35. The zero-order chi connectivity index (χ0) is 39.8. The van der Waals surface area contributed by atoms with Crippen molar-refractivity contribution in [3.8, 4) is 39.5 Å². The van der Waals surface area contributed by atoms with Crippen molar-refractivity contribution in [1.82, 2.24) is 18.9 Å². The Labute approximate surface area is 353 Å². The fraction of sp³-hybridized carbons (Fsp3) is 0. The van der Waals surface area contributed by atoms with Crippen LogP contribution in [0, 0.1) is 0 Å². The number of fused-ring (bicyclic) bond motifs is 15. The molecular weight excluding hydrogens is 761 g/mol. The van der Waals surface area contributed by atoms with Crippen LogP contribution in [0.3, 0.4) is 0 Å². The second-order valence-corrected chi connectivity index (χ2v) is 17.1. The average molecular weight is 793 g/mol. The maximum Gasteiger partial charge on any atom is 0.160 e. The predicted octanol–water partition coefficient (Wildman–Crippen LogP) is 15.2. The molecular formula is C56H32N4S. The van der Waals surface area contributed by atoms with E-state index in [1.54, 1.807) is 11.3 Å². The molecule has 0 fully saturated rings. The third-order valence-corrected chi connectivity index (χ3v) is 14.0. The van der Waals surface area contributed by atoms with Gasteiger partial charge in [-0.05, 0) is 65.0 Å². The molecule has 0 spiro atoms. The van der Waals surface area contributed by atoms with E-state index in [0.29, 0.717) is 0 Å². The largest absolute Gasteiger partial charge is 0.309 e. The molecule has 0 unspecified atom stereocenters. The second kappa shape index (κ2) is 12.3. The van der Waals surface area contributed by atoms with Gasteiger partial charge < -0.3 is 8.97 Å². The van der Waals surface area contributed by atoms with Gasteiger partial charge in [-0.1, -0.05) is 146 Å². The quantitative estimate of drug-likeness (QED) is 0.178. The number of hydrogen-bond donors (Lipinski definition) is 0. The third-order valence-electron chi connectivity index (χ3n) is 12.9. The third kappa shape index (κ3) is 4.58. The maximum atomic E-state index is 5.35. The number of nitrogens with zero attached hydrogens (tertiary/aromatic N) is 4. The molecule has 0 atom stereocenters. The molecule has 0 saturated heterocycles. The standard InChI is InChI=1S/C56H32N4S/c1-2-12-33(13-3-1)34-22-24-36(25-23-34)51-55-52(43-18-8-11-21-48(43)61-55)58-56(57-51)37-26-29-38(30-27-37)59-45-19-9-6-16-41(45)49-47(59)32-44-40-31-28-35-14-4-5-15-39(35)53(40)60-46-20-10-7-17-42(46)50(49)54(44)60/h1-32H. The van der Waals surface area contributed by atoms with E-state index in [9.17, 15) is 0 Å². The summed E-state index contributed by atoms with van der Waals surface area (Å²) in [4.78, 5) is 10.6. The lowest BCUT2D eigenvalue weighted by Gasteiger charge is -2.11. The molecule has 14 aromatic rings. The van der Waals surface area contributed by atoms with E-state index in [4.69, 9.17) is 9.97 Å². The van der Waals surface area contributed by atoms with Crippen molar-refractivity contribution in [3.63, 3.8) is 0 Å². The fourth-order valence-corrected chi connectivity index (χ4v) is 11.3. The SMILES string of the molecule is c1ccc(-c2ccc(-c3nc(-c4ccc(-n5c6ccccc6c6c7c8ccccc8n8c9c%10ccccc%10ccc9c(cc65)c78)cc4)nc4c3sc3ccccc34)cc2)cc1. The van der Waals surface area contributed by atoms with Crippen LogP contribution in [0.1, 0.15) is 0 Å². The van der Waals surface area contributed by atoms with Gasteiger partial charge >= 0.3 is 0 Å². The summed E-state index contributed by atoms with van der Waals surface area (Å²) in [6.07, 6.45) is 0. The molecule has 0 aliphatic heterocycles. The van der Waals surface area contributed by atoms with Gasteiger partial charge in [-0.3, -0.25) is 0 Å². The summed E-state index contributed by atoms with van der Waals surface area (Å²) in [7, 11) is 0. The molecule has 5 aromatic heterocycles. The predicted molar refractivity (Wildman–Crippen MR) is 258 cm³/mol. The van der Waals surface area contributed by atoms with E-state index < -0.39 is 0 Å². The number of benzene rings is 9. The lowest BCUT2D eigenvalue weighted by Crippen LogP contribution is -1.96. The highest BCUT2D eigenvalue weighted by Crippen LogP contribution is 2.48. The highest BCUT2D eigenvalue weighted by atomic mass is 32.1. The topological polar surface area (TPSA) is 35.1 Å². The van der Waals surface area contributed by atoms with Gasteiger partial charge in [0.15, 0.2) is 5.82 Å².